The summed E-state index contributed by atoms with van der Waals surface area (Å²) in [6, 6.07) is 3.26. The first-order chi connectivity index (χ1) is 21.4. The van der Waals surface area contributed by atoms with Gasteiger partial charge >= 0.3 is 0 Å². The number of aryl methyl sites for hydroxylation is 1. The quantitative estimate of drug-likeness (QED) is 0.166. The highest BCUT2D eigenvalue weighted by Gasteiger charge is 2.28. The molecule has 2 amide bonds. The fourth-order valence-corrected chi connectivity index (χ4v) is 5.99. The number of amides is 2. The van der Waals surface area contributed by atoms with Gasteiger partial charge in [0.25, 0.3) is 11.8 Å². The van der Waals surface area contributed by atoms with Crippen LogP contribution < -0.4 is 20.7 Å². The molecule has 0 spiro atoms. The Labute approximate surface area is 255 Å². The molecule has 0 unspecified atom stereocenters. The van der Waals surface area contributed by atoms with E-state index >= 15 is 0 Å². The number of aliphatic hydroxyl groups excluding tert-OH is 1. The van der Waals surface area contributed by atoms with E-state index in [4.69, 9.17) is 9.47 Å². The Morgan fingerprint density at radius 3 is 2.75 bits per heavy atom. The number of nitrogens with one attached hydrogen (secondary N) is 3. The van der Waals surface area contributed by atoms with Crippen molar-refractivity contribution in [2.24, 2.45) is 0 Å². The fourth-order valence-electron chi connectivity index (χ4n) is 5.99. The molecule has 2 saturated heterocycles. The Hall–Kier alpha value is -3.98. The highest BCUT2D eigenvalue weighted by atomic mass is 16.5. The van der Waals surface area contributed by atoms with E-state index in [2.05, 4.69) is 30.9 Å². The van der Waals surface area contributed by atoms with Crippen molar-refractivity contribution < 1.29 is 29.3 Å². The number of phenols is 1. The molecule has 6 rings (SSSR count). The molecule has 3 aliphatic heterocycles. The molecule has 0 radical (unpaired) electrons. The average Bonchev–Trinajstić information content (AvgIpc) is 3.48. The number of piperazine rings is 1. The van der Waals surface area contributed by atoms with Crippen molar-refractivity contribution in [2.75, 3.05) is 76.3 Å². The van der Waals surface area contributed by atoms with Crippen molar-refractivity contribution in [3.05, 3.63) is 35.7 Å². The van der Waals surface area contributed by atoms with Crippen LogP contribution in [0.4, 0.5) is 11.4 Å². The number of phenolic OH excluding ortho intramolecular Hbond substituents is 1. The van der Waals surface area contributed by atoms with Crippen molar-refractivity contribution in [1.29, 1.82) is 0 Å². The topological polar surface area (TPSA) is 166 Å². The minimum atomic E-state index is -0.881. The Bertz CT molecular complexity index is 1500. The lowest BCUT2D eigenvalue weighted by Gasteiger charge is -2.35. The summed E-state index contributed by atoms with van der Waals surface area (Å²) >= 11 is 0. The van der Waals surface area contributed by atoms with Crippen molar-refractivity contribution in [3.63, 3.8) is 0 Å². The molecule has 2 fully saturated rings. The maximum absolute atomic E-state index is 13.8. The smallest absolute Gasteiger partial charge is 0.262 e. The lowest BCUT2D eigenvalue weighted by atomic mass is 10.1. The van der Waals surface area contributed by atoms with Crippen LogP contribution in [0.1, 0.15) is 41.8 Å². The third-order valence-corrected chi connectivity index (χ3v) is 8.51. The minimum Gasteiger partial charge on any atom is -0.506 e. The van der Waals surface area contributed by atoms with Crippen molar-refractivity contribution in [2.45, 2.75) is 38.5 Å². The molecular formula is C30H40N8O6. The Morgan fingerprint density at radius 1 is 1.18 bits per heavy atom. The fraction of sp³-hybridized carbons (Fsp3) is 0.533. The van der Waals surface area contributed by atoms with Crippen LogP contribution in [0, 0.1) is 0 Å². The summed E-state index contributed by atoms with van der Waals surface area (Å²) < 4.78 is 12.9. The van der Waals surface area contributed by atoms with Crippen LogP contribution >= 0.6 is 0 Å². The number of fused-ring (bicyclic) bond motifs is 2. The number of aromatic nitrogens is 3. The molecule has 0 aliphatic carbocycles. The molecule has 5 heterocycles. The summed E-state index contributed by atoms with van der Waals surface area (Å²) in [5.74, 6) is -0.201. The molecule has 3 aliphatic rings. The molecule has 0 saturated carbocycles. The predicted molar refractivity (Wildman–Crippen MR) is 163 cm³/mol. The van der Waals surface area contributed by atoms with Crippen LogP contribution in [0.2, 0.25) is 0 Å². The molecule has 3 aromatic rings. The van der Waals surface area contributed by atoms with Crippen LogP contribution in [0.25, 0.3) is 11.0 Å². The number of hydrogen-bond acceptors (Lipinski definition) is 11. The van der Waals surface area contributed by atoms with Crippen molar-refractivity contribution >= 4 is 34.2 Å². The van der Waals surface area contributed by atoms with E-state index in [1.54, 1.807) is 18.5 Å². The lowest BCUT2D eigenvalue weighted by molar-refractivity contribution is -0.118. The monoisotopic (exact) mass is 608 g/mol. The number of carbonyl (C=O) groups is 2. The van der Waals surface area contributed by atoms with Gasteiger partial charge in [-0.1, -0.05) is 0 Å². The third kappa shape index (κ3) is 6.29. The summed E-state index contributed by atoms with van der Waals surface area (Å²) in [5.41, 5.74) is 2.83. The normalized spacial score (nSPS) is 18.5. The van der Waals surface area contributed by atoms with Crippen LogP contribution in [0.3, 0.4) is 0 Å². The van der Waals surface area contributed by atoms with Crippen LogP contribution in [0.15, 0.2) is 24.5 Å². The van der Waals surface area contributed by atoms with Gasteiger partial charge in [-0.05, 0) is 31.9 Å². The van der Waals surface area contributed by atoms with E-state index in [9.17, 15) is 19.8 Å². The summed E-state index contributed by atoms with van der Waals surface area (Å²) in [4.78, 5) is 34.2. The van der Waals surface area contributed by atoms with Gasteiger partial charge in [0, 0.05) is 83.4 Å². The zero-order valence-corrected chi connectivity index (χ0v) is 24.9. The second-order valence-corrected chi connectivity index (χ2v) is 11.3. The van der Waals surface area contributed by atoms with Crippen LogP contribution in [-0.4, -0.2) is 118 Å². The van der Waals surface area contributed by atoms with E-state index in [1.165, 1.54) is 6.07 Å². The predicted octanol–water partition coefficient (Wildman–Crippen LogP) is 1.16. The second kappa shape index (κ2) is 13.3. The molecule has 0 bridgehead atoms. The molecule has 14 nitrogen and oxygen atoms in total. The number of aliphatic hydroxyl groups is 1. The van der Waals surface area contributed by atoms with Gasteiger partial charge in [0.05, 0.1) is 28.9 Å². The first kappa shape index (κ1) is 30.1. The second-order valence-electron chi connectivity index (χ2n) is 11.3. The van der Waals surface area contributed by atoms with Crippen molar-refractivity contribution in [1.82, 2.24) is 29.9 Å². The van der Waals surface area contributed by atoms with Gasteiger partial charge < -0.3 is 40.5 Å². The number of nitrogens with zero attached hydrogens (tertiary/aromatic N) is 5. The van der Waals surface area contributed by atoms with E-state index < -0.39 is 6.10 Å². The van der Waals surface area contributed by atoms with Crippen molar-refractivity contribution in [3.8, 4) is 11.5 Å². The zero-order chi connectivity index (χ0) is 30.6. The average molecular weight is 609 g/mol. The van der Waals surface area contributed by atoms with E-state index in [1.807, 2.05) is 16.5 Å². The maximum Gasteiger partial charge on any atom is 0.262 e. The standard InChI is InChI=1S/C30H40N8O6/c1-2-38-29-21(16-33-38)26(34-19-5-13-43-14-6-19)22(15-32-29)30(42)37-11-9-36(10-12-37)8-7-31-17-24(40)20-3-4-23(39)27-28(20)44-18-25(41)35-27/h3-4,15-16,19,24,31,39-40H,2,5-14,17-18H2,1H3,(H,32,34)(H,35,41)/t24-/m0/s1. The third-order valence-electron chi connectivity index (χ3n) is 8.51. The first-order valence-corrected chi connectivity index (χ1v) is 15.3. The highest BCUT2D eigenvalue weighted by molar-refractivity contribution is 6.06. The number of anilines is 2. The first-order valence-electron chi connectivity index (χ1n) is 15.3. The number of rotatable bonds is 10. The molecule has 44 heavy (non-hydrogen) atoms. The number of aromatic hydroxyl groups is 1. The van der Waals surface area contributed by atoms with Gasteiger partial charge in [-0.3, -0.25) is 14.5 Å². The number of pyridine rings is 1. The number of carbonyl (C=O) groups excluding carboxylic acids is 2. The molecule has 14 heteroatoms. The SMILES string of the molecule is CCn1ncc2c(NC3CCOCC3)c(C(=O)N3CCN(CCNC[C@H](O)c4ccc(O)c5c4OCC(=O)N5)CC3)cnc21. The summed E-state index contributed by atoms with van der Waals surface area (Å²) in [5, 5.41) is 35.7. The van der Waals surface area contributed by atoms with E-state index in [0.717, 1.165) is 49.2 Å². The van der Waals surface area contributed by atoms with E-state index in [-0.39, 0.29) is 42.4 Å². The number of ether oxygens (including phenoxy) is 2. The molecular weight excluding hydrogens is 568 g/mol. The van der Waals surface area contributed by atoms with E-state index in [0.29, 0.717) is 56.3 Å². The van der Waals surface area contributed by atoms with Gasteiger partial charge in [0.1, 0.15) is 11.4 Å². The Morgan fingerprint density at radius 2 is 1.98 bits per heavy atom. The lowest BCUT2D eigenvalue weighted by Crippen LogP contribution is -2.50. The summed E-state index contributed by atoms with van der Waals surface area (Å²) in [6.45, 7) is 8.32. The van der Waals surface area contributed by atoms with Crippen LogP contribution in [0.5, 0.6) is 11.5 Å². The maximum atomic E-state index is 13.8. The van der Waals surface area contributed by atoms with Gasteiger partial charge in [0.2, 0.25) is 0 Å². The number of benzene rings is 1. The highest BCUT2D eigenvalue weighted by Crippen LogP contribution is 2.41. The van der Waals surface area contributed by atoms with Gasteiger partial charge in [-0.25, -0.2) is 9.67 Å². The summed E-state index contributed by atoms with van der Waals surface area (Å²) in [7, 11) is 0. The van der Waals surface area contributed by atoms with Gasteiger partial charge in [-0.15, -0.1) is 0 Å². The van der Waals surface area contributed by atoms with Crippen LogP contribution in [-0.2, 0) is 16.1 Å². The van der Waals surface area contributed by atoms with Gasteiger partial charge in [-0.2, -0.15) is 5.10 Å². The summed E-state index contributed by atoms with van der Waals surface area (Å²) in [6.07, 6.45) is 4.37. The molecule has 1 atom stereocenters. The Balaban J connectivity index is 1.02. The molecule has 2 aromatic heterocycles. The van der Waals surface area contributed by atoms with Gasteiger partial charge in [0.15, 0.2) is 18.0 Å². The molecule has 1 aromatic carbocycles. The minimum absolute atomic E-state index is 0.0326. The largest absolute Gasteiger partial charge is 0.506 e. The zero-order valence-electron chi connectivity index (χ0n) is 24.9. The molecule has 5 N–H and O–H groups in total. The number of hydrogen-bond donors (Lipinski definition) is 5. The Kier molecular flexibility index (Phi) is 9.12. The molecule has 236 valence electrons.